The molecule has 0 radical (unpaired) electrons. The molecule has 1 heterocycles. The van der Waals surface area contributed by atoms with Crippen molar-refractivity contribution in [2.75, 3.05) is 14.1 Å². The van der Waals surface area contributed by atoms with Crippen molar-refractivity contribution in [2.45, 2.75) is 25.9 Å². The maximum Gasteiger partial charge on any atom is 0.244 e. The van der Waals surface area contributed by atoms with Crippen LogP contribution in [0, 0.1) is 0 Å². The zero-order valence-electron chi connectivity index (χ0n) is 9.07. The van der Waals surface area contributed by atoms with E-state index in [1.807, 2.05) is 0 Å². The zero-order valence-corrected chi connectivity index (χ0v) is 9.07. The molecule has 1 aromatic heterocycles. The summed E-state index contributed by atoms with van der Waals surface area (Å²) in [4.78, 5) is 2.25. The Hall–Kier alpha value is -0.830. The molecule has 1 atom stereocenters. The molecule has 3 nitrogen and oxygen atoms in total. The van der Waals surface area contributed by atoms with Crippen molar-refractivity contribution < 1.29 is 4.57 Å². The minimum atomic E-state index is 0.492. The van der Waals surface area contributed by atoms with Gasteiger partial charge in [-0.05, 0) is 14.1 Å². The summed E-state index contributed by atoms with van der Waals surface area (Å²) in [6, 6.07) is 0. The first-order chi connectivity index (χ1) is 6.15. The first kappa shape index (κ1) is 10.3. The largest absolute Gasteiger partial charge is 0.271 e. The van der Waals surface area contributed by atoms with Gasteiger partial charge in [0.05, 0.1) is 7.05 Å². The Kier molecular flexibility index (Phi) is 3.48. The van der Waals surface area contributed by atoms with Gasteiger partial charge in [0.1, 0.15) is 12.4 Å². The summed E-state index contributed by atoms with van der Waals surface area (Å²) in [6.45, 7) is 2.22. The van der Waals surface area contributed by atoms with E-state index in [9.17, 15) is 0 Å². The lowest BCUT2D eigenvalue weighted by atomic mass is 10.2. The van der Waals surface area contributed by atoms with Crippen LogP contribution < -0.4 is 4.57 Å². The SMILES string of the molecule is CCCC(N(C)C)n1cc[n+](C)c1. The third-order valence-electron chi connectivity index (χ3n) is 2.28. The second kappa shape index (κ2) is 4.42. The molecular formula is C10H20N3+. The molecule has 1 unspecified atom stereocenters. The van der Waals surface area contributed by atoms with E-state index in [2.05, 4.69) is 60.8 Å². The number of hydrogen-bond acceptors (Lipinski definition) is 1. The van der Waals surface area contributed by atoms with Crippen LogP contribution in [0.2, 0.25) is 0 Å². The van der Waals surface area contributed by atoms with E-state index in [1.54, 1.807) is 0 Å². The van der Waals surface area contributed by atoms with Crippen molar-refractivity contribution in [3.8, 4) is 0 Å². The summed E-state index contributed by atoms with van der Waals surface area (Å²) < 4.78 is 4.33. The van der Waals surface area contributed by atoms with Crippen LogP contribution >= 0.6 is 0 Å². The highest BCUT2D eigenvalue weighted by atomic mass is 15.3. The first-order valence-corrected chi connectivity index (χ1v) is 4.84. The van der Waals surface area contributed by atoms with Crippen molar-refractivity contribution in [1.82, 2.24) is 9.47 Å². The summed E-state index contributed by atoms with van der Waals surface area (Å²) in [5.41, 5.74) is 0. The number of rotatable bonds is 4. The van der Waals surface area contributed by atoms with E-state index in [4.69, 9.17) is 0 Å². The molecule has 13 heavy (non-hydrogen) atoms. The standard InChI is InChI=1S/C10H20N3/c1-5-6-10(11(2)3)13-8-7-12(4)9-13/h7-10H,5-6H2,1-4H3/q+1. The van der Waals surface area contributed by atoms with Gasteiger partial charge in [0.15, 0.2) is 6.17 Å². The van der Waals surface area contributed by atoms with Crippen LogP contribution in [0.3, 0.4) is 0 Å². The molecule has 0 saturated heterocycles. The Labute approximate surface area is 80.6 Å². The average molecular weight is 182 g/mol. The second-order valence-corrected chi connectivity index (χ2v) is 3.76. The maximum atomic E-state index is 2.25. The van der Waals surface area contributed by atoms with E-state index in [-0.39, 0.29) is 0 Å². The molecule has 0 bridgehead atoms. The van der Waals surface area contributed by atoms with Gasteiger partial charge in [0.2, 0.25) is 6.33 Å². The lowest BCUT2D eigenvalue weighted by Gasteiger charge is -2.20. The van der Waals surface area contributed by atoms with Gasteiger partial charge in [-0.1, -0.05) is 13.3 Å². The van der Waals surface area contributed by atoms with Crippen molar-refractivity contribution >= 4 is 0 Å². The predicted octanol–water partition coefficient (Wildman–Crippen LogP) is 1.17. The van der Waals surface area contributed by atoms with Crippen LogP contribution in [0.4, 0.5) is 0 Å². The fourth-order valence-electron chi connectivity index (χ4n) is 1.58. The van der Waals surface area contributed by atoms with Gasteiger partial charge in [0.25, 0.3) is 0 Å². The molecule has 0 fully saturated rings. The van der Waals surface area contributed by atoms with Gasteiger partial charge >= 0.3 is 0 Å². The number of hydrogen-bond donors (Lipinski definition) is 0. The topological polar surface area (TPSA) is 12.1 Å². The summed E-state index contributed by atoms with van der Waals surface area (Å²) in [7, 11) is 6.30. The van der Waals surface area contributed by atoms with Gasteiger partial charge < -0.3 is 0 Å². The van der Waals surface area contributed by atoms with Gasteiger partial charge in [0, 0.05) is 6.42 Å². The fourth-order valence-corrected chi connectivity index (χ4v) is 1.58. The van der Waals surface area contributed by atoms with Gasteiger partial charge in [-0.2, -0.15) is 0 Å². The fraction of sp³-hybridized carbons (Fsp3) is 0.700. The van der Waals surface area contributed by atoms with Crippen LogP contribution in [-0.2, 0) is 7.05 Å². The number of aromatic nitrogens is 2. The third-order valence-corrected chi connectivity index (χ3v) is 2.28. The van der Waals surface area contributed by atoms with E-state index >= 15 is 0 Å². The van der Waals surface area contributed by atoms with E-state index in [0.29, 0.717) is 6.17 Å². The summed E-state index contributed by atoms with van der Waals surface area (Å²) >= 11 is 0. The molecule has 1 rings (SSSR count). The molecule has 0 aliphatic heterocycles. The number of imidazole rings is 1. The number of aryl methyl sites for hydroxylation is 1. The minimum absolute atomic E-state index is 0.492. The molecule has 0 spiro atoms. The Morgan fingerprint density at radius 3 is 2.54 bits per heavy atom. The Balaban J connectivity index is 2.75. The average Bonchev–Trinajstić information content (AvgIpc) is 2.46. The quantitative estimate of drug-likeness (QED) is 0.637. The summed E-state index contributed by atoms with van der Waals surface area (Å²) in [5.74, 6) is 0. The maximum absolute atomic E-state index is 2.25. The van der Waals surface area contributed by atoms with Crippen molar-refractivity contribution in [1.29, 1.82) is 0 Å². The van der Waals surface area contributed by atoms with Crippen molar-refractivity contribution in [3.05, 3.63) is 18.7 Å². The van der Waals surface area contributed by atoms with Crippen LogP contribution in [0.15, 0.2) is 18.7 Å². The van der Waals surface area contributed by atoms with E-state index in [1.165, 1.54) is 12.8 Å². The van der Waals surface area contributed by atoms with Crippen LogP contribution in [0.1, 0.15) is 25.9 Å². The monoisotopic (exact) mass is 182 g/mol. The highest BCUT2D eigenvalue weighted by Gasteiger charge is 2.16. The molecule has 1 aromatic rings. The van der Waals surface area contributed by atoms with Gasteiger partial charge in [-0.25, -0.2) is 9.13 Å². The normalized spacial score (nSPS) is 13.6. The molecule has 0 amide bonds. The van der Waals surface area contributed by atoms with Crippen LogP contribution in [-0.4, -0.2) is 23.6 Å². The predicted molar refractivity (Wildman–Crippen MR) is 53.2 cm³/mol. The summed E-state index contributed by atoms with van der Waals surface area (Å²) in [5, 5.41) is 0. The number of nitrogens with zero attached hydrogens (tertiary/aromatic N) is 3. The Bertz CT molecular complexity index is 252. The zero-order chi connectivity index (χ0) is 9.84. The van der Waals surface area contributed by atoms with E-state index < -0.39 is 0 Å². The molecule has 3 heteroatoms. The first-order valence-electron chi connectivity index (χ1n) is 4.84. The molecular weight excluding hydrogens is 162 g/mol. The van der Waals surface area contributed by atoms with E-state index in [0.717, 1.165) is 0 Å². The lowest BCUT2D eigenvalue weighted by Crippen LogP contribution is -2.28. The Morgan fingerprint density at radius 2 is 2.15 bits per heavy atom. The summed E-state index contributed by atoms with van der Waals surface area (Å²) in [6.07, 6.45) is 9.23. The molecule has 0 aliphatic rings. The smallest absolute Gasteiger partial charge is 0.244 e. The highest BCUT2D eigenvalue weighted by Crippen LogP contribution is 2.14. The molecule has 0 saturated carbocycles. The van der Waals surface area contributed by atoms with Crippen LogP contribution in [0.5, 0.6) is 0 Å². The van der Waals surface area contributed by atoms with Gasteiger partial charge in [-0.3, -0.25) is 4.90 Å². The molecule has 0 aromatic carbocycles. The van der Waals surface area contributed by atoms with Gasteiger partial charge in [-0.15, -0.1) is 0 Å². The van der Waals surface area contributed by atoms with Crippen LogP contribution in [0.25, 0.3) is 0 Å². The molecule has 0 N–H and O–H groups in total. The highest BCUT2D eigenvalue weighted by molar-refractivity contribution is 4.73. The second-order valence-electron chi connectivity index (χ2n) is 3.76. The Morgan fingerprint density at radius 1 is 1.46 bits per heavy atom. The lowest BCUT2D eigenvalue weighted by molar-refractivity contribution is -0.671. The van der Waals surface area contributed by atoms with Crippen molar-refractivity contribution in [2.24, 2.45) is 7.05 Å². The minimum Gasteiger partial charge on any atom is -0.271 e. The third kappa shape index (κ3) is 2.56. The molecule has 0 aliphatic carbocycles. The molecule has 74 valence electrons. The van der Waals surface area contributed by atoms with Crippen molar-refractivity contribution in [3.63, 3.8) is 0 Å².